The third kappa shape index (κ3) is 2.39. The second-order valence-electron chi connectivity index (χ2n) is 6.02. The maximum absolute atomic E-state index is 12.5. The first-order valence-electron chi connectivity index (χ1n) is 7.84. The highest BCUT2D eigenvalue weighted by Gasteiger charge is 2.22. The number of hydrogen-bond acceptors (Lipinski definition) is 4. The summed E-state index contributed by atoms with van der Waals surface area (Å²) in [4.78, 5) is 32.4. The van der Waals surface area contributed by atoms with Crippen molar-refractivity contribution >= 4 is 11.2 Å². The number of imidazole rings is 1. The van der Waals surface area contributed by atoms with E-state index in [1.165, 1.54) is 7.05 Å². The van der Waals surface area contributed by atoms with Crippen molar-refractivity contribution in [3.05, 3.63) is 26.7 Å². The van der Waals surface area contributed by atoms with Crippen LogP contribution < -0.4 is 11.2 Å². The van der Waals surface area contributed by atoms with Gasteiger partial charge in [-0.2, -0.15) is 0 Å². The topological polar surface area (TPSA) is 81.9 Å². The molecule has 0 spiro atoms. The number of fused-ring (bicyclic) bond motifs is 1. The number of nitrogens with one attached hydrogen (secondary N) is 1. The summed E-state index contributed by atoms with van der Waals surface area (Å²) in [5.74, 6) is 0.963. The van der Waals surface area contributed by atoms with Crippen molar-refractivity contribution in [2.24, 2.45) is 7.05 Å². The molecule has 7 nitrogen and oxygen atoms in total. The van der Waals surface area contributed by atoms with Crippen LogP contribution >= 0.6 is 0 Å². The van der Waals surface area contributed by atoms with Gasteiger partial charge in [-0.05, 0) is 19.3 Å². The number of nitrogens with zero attached hydrogens (tertiary/aromatic N) is 3. The molecule has 120 valence electrons. The molecular formula is C15H22N4O3. The zero-order valence-corrected chi connectivity index (χ0v) is 13.3. The van der Waals surface area contributed by atoms with E-state index in [2.05, 4.69) is 16.9 Å². The van der Waals surface area contributed by atoms with E-state index in [1.807, 2.05) is 6.92 Å². The normalized spacial score (nSPS) is 19.9. The lowest BCUT2D eigenvalue weighted by Gasteiger charge is -2.13. The smallest absolute Gasteiger partial charge is 0.332 e. The van der Waals surface area contributed by atoms with Gasteiger partial charge < -0.3 is 9.72 Å². The molecule has 0 amide bonds. The van der Waals surface area contributed by atoms with E-state index in [0.717, 1.165) is 36.3 Å². The Labute approximate surface area is 127 Å². The quantitative estimate of drug-likeness (QED) is 0.917. The van der Waals surface area contributed by atoms with Gasteiger partial charge in [-0.15, -0.1) is 0 Å². The van der Waals surface area contributed by atoms with Crippen LogP contribution in [0.4, 0.5) is 0 Å². The van der Waals surface area contributed by atoms with E-state index in [-0.39, 0.29) is 23.3 Å². The van der Waals surface area contributed by atoms with Crippen LogP contribution in [0.2, 0.25) is 0 Å². The minimum Gasteiger partial charge on any atom is -0.376 e. The highest BCUT2D eigenvalue weighted by atomic mass is 16.5. The molecule has 1 aliphatic rings. The molecule has 2 aromatic rings. The molecule has 3 rings (SSSR count). The van der Waals surface area contributed by atoms with Gasteiger partial charge in [-0.25, -0.2) is 9.78 Å². The van der Waals surface area contributed by atoms with Gasteiger partial charge in [0.15, 0.2) is 5.65 Å². The van der Waals surface area contributed by atoms with E-state index >= 15 is 0 Å². The maximum atomic E-state index is 12.5. The van der Waals surface area contributed by atoms with Crippen LogP contribution in [0.3, 0.4) is 0 Å². The highest BCUT2D eigenvalue weighted by molar-refractivity contribution is 5.70. The zero-order valence-electron chi connectivity index (χ0n) is 13.3. The Balaban J connectivity index is 2.18. The van der Waals surface area contributed by atoms with Gasteiger partial charge in [-0.1, -0.05) is 13.8 Å². The number of hydrogen-bond donors (Lipinski definition) is 1. The Morgan fingerprint density at radius 3 is 2.86 bits per heavy atom. The predicted octanol–water partition coefficient (Wildman–Crippen LogP) is 1.12. The van der Waals surface area contributed by atoms with Crippen molar-refractivity contribution in [3.63, 3.8) is 0 Å². The van der Waals surface area contributed by atoms with Crippen molar-refractivity contribution in [3.8, 4) is 0 Å². The van der Waals surface area contributed by atoms with Gasteiger partial charge in [0.2, 0.25) is 0 Å². The van der Waals surface area contributed by atoms with E-state index < -0.39 is 0 Å². The van der Waals surface area contributed by atoms with E-state index in [9.17, 15) is 9.59 Å². The average Bonchev–Trinajstić information content (AvgIpc) is 3.17. The van der Waals surface area contributed by atoms with E-state index in [0.29, 0.717) is 17.7 Å². The summed E-state index contributed by atoms with van der Waals surface area (Å²) < 4.78 is 8.32. The fourth-order valence-electron chi connectivity index (χ4n) is 2.84. The third-order valence-electron chi connectivity index (χ3n) is 4.48. The Kier molecular flexibility index (Phi) is 3.90. The summed E-state index contributed by atoms with van der Waals surface area (Å²) in [5, 5.41) is 0. The van der Waals surface area contributed by atoms with Gasteiger partial charge in [0.1, 0.15) is 11.3 Å². The Bertz CT molecular complexity index is 795. The number of aromatic amines is 1. The molecular weight excluding hydrogens is 284 g/mol. The standard InChI is InChI=1S/C15H22N4O3/c1-4-9(2)12-16-11-13(17-12)19(8-10-6-5-7-22-10)15(21)18(3)14(11)20/h9-10H,4-8H2,1-3H3,(H,16,17). The number of rotatable bonds is 4. The molecule has 1 N–H and O–H groups in total. The van der Waals surface area contributed by atoms with Crippen molar-refractivity contribution < 1.29 is 4.74 Å². The molecule has 2 unspecified atom stereocenters. The molecule has 2 atom stereocenters. The summed E-state index contributed by atoms with van der Waals surface area (Å²) in [6.45, 7) is 5.28. The predicted molar refractivity (Wildman–Crippen MR) is 83.3 cm³/mol. The van der Waals surface area contributed by atoms with Crippen LogP contribution in [0.25, 0.3) is 11.2 Å². The SMILES string of the molecule is CCC(C)c1nc2c([nH]1)c(=O)n(C)c(=O)n2CC1CCCO1. The summed E-state index contributed by atoms with van der Waals surface area (Å²) in [7, 11) is 1.50. The second kappa shape index (κ2) is 5.72. The van der Waals surface area contributed by atoms with Crippen molar-refractivity contribution in [2.45, 2.75) is 51.7 Å². The molecule has 1 fully saturated rings. The molecule has 0 aromatic carbocycles. The number of H-pyrrole nitrogens is 1. The highest BCUT2D eigenvalue weighted by Crippen LogP contribution is 2.19. The lowest BCUT2D eigenvalue weighted by atomic mass is 10.1. The Hall–Kier alpha value is -1.89. The molecule has 2 aromatic heterocycles. The lowest BCUT2D eigenvalue weighted by Crippen LogP contribution is -2.40. The first kappa shape index (κ1) is 15.0. The van der Waals surface area contributed by atoms with Crippen LogP contribution in [0.15, 0.2) is 9.59 Å². The van der Waals surface area contributed by atoms with E-state index in [4.69, 9.17) is 4.74 Å². The van der Waals surface area contributed by atoms with Gasteiger partial charge in [-0.3, -0.25) is 13.9 Å². The number of aromatic nitrogens is 4. The first-order chi connectivity index (χ1) is 10.5. The van der Waals surface area contributed by atoms with Crippen LogP contribution in [0, 0.1) is 0 Å². The Morgan fingerprint density at radius 2 is 2.23 bits per heavy atom. The monoisotopic (exact) mass is 306 g/mol. The summed E-state index contributed by atoms with van der Waals surface area (Å²) in [6.07, 6.45) is 2.87. The summed E-state index contributed by atoms with van der Waals surface area (Å²) >= 11 is 0. The summed E-state index contributed by atoms with van der Waals surface area (Å²) in [6, 6.07) is 0. The fraction of sp³-hybridized carbons (Fsp3) is 0.667. The van der Waals surface area contributed by atoms with Crippen molar-refractivity contribution in [2.75, 3.05) is 6.61 Å². The molecule has 0 saturated carbocycles. The molecule has 0 aliphatic carbocycles. The van der Waals surface area contributed by atoms with Crippen LogP contribution in [-0.4, -0.2) is 31.8 Å². The molecule has 7 heteroatoms. The van der Waals surface area contributed by atoms with Crippen LogP contribution in [0.5, 0.6) is 0 Å². The molecule has 1 aliphatic heterocycles. The number of ether oxygens (including phenoxy) is 1. The summed E-state index contributed by atoms with van der Waals surface area (Å²) in [5.41, 5.74) is 0.176. The van der Waals surface area contributed by atoms with Gasteiger partial charge in [0.05, 0.1) is 12.6 Å². The fourth-order valence-corrected chi connectivity index (χ4v) is 2.84. The third-order valence-corrected chi connectivity index (χ3v) is 4.48. The van der Waals surface area contributed by atoms with E-state index in [1.54, 1.807) is 4.57 Å². The maximum Gasteiger partial charge on any atom is 0.332 e. The second-order valence-corrected chi connectivity index (χ2v) is 6.02. The van der Waals surface area contributed by atoms with Crippen molar-refractivity contribution in [1.29, 1.82) is 0 Å². The largest absolute Gasteiger partial charge is 0.376 e. The molecule has 0 bridgehead atoms. The van der Waals surface area contributed by atoms with Gasteiger partial charge in [0.25, 0.3) is 5.56 Å². The average molecular weight is 306 g/mol. The minimum absolute atomic E-state index is 0.0159. The van der Waals surface area contributed by atoms with Gasteiger partial charge in [0, 0.05) is 19.6 Å². The molecule has 1 saturated heterocycles. The van der Waals surface area contributed by atoms with Crippen LogP contribution in [0.1, 0.15) is 44.9 Å². The lowest BCUT2D eigenvalue weighted by molar-refractivity contribution is 0.0964. The molecule has 22 heavy (non-hydrogen) atoms. The van der Waals surface area contributed by atoms with Crippen molar-refractivity contribution in [1.82, 2.24) is 19.1 Å². The minimum atomic E-state index is -0.338. The first-order valence-corrected chi connectivity index (χ1v) is 7.84. The molecule has 0 radical (unpaired) electrons. The van der Waals surface area contributed by atoms with Gasteiger partial charge >= 0.3 is 5.69 Å². The van der Waals surface area contributed by atoms with Crippen LogP contribution in [-0.2, 0) is 18.3 Å². The zero-order chi connectivity index (χ0) is 15.9. The Morgan fingerprint density at radius 1 is 1.45 bits per heavy atom. The molecule has 3 heterocycles.